The van der Waals surface area contributed by atoms with Crippen LogP contribution in [-0.4, -0.2) is 36.8 Å². The van der Waals surface area contributed by atoms with Gasteiger partial charge in [-0.25, -0.2) is 5.01 Å². The van der Waals surface area contributed by atoms with Gasteiger partial charge < -0.3 is 14.8 Å². The van der Waals surface area contributed by atoms with Crippen LogP contribution >= 0.6 is 0 Å². The Bertz CT molecular complexity index is 970. The molecule has 0 bridgehead atoms. The van der Waals surface area contributed by atoms with Crippen LogP contribution in [0.1, 0.15) is 56.6 Å². The lowest BCUT2D eigenvalue weighted by molar-refractivity contribution is -0.132. The van der Waals surface area contributed by atoms with Crippen molar-refractivity contribution < 1.29 is 19.1 Å². The van der Waals surface area contributed by atoms with Gasteiger partial charge in [-0.3, -0.25) is 9.59 Å². The van der Waals surface area contributed by atoms with Crippen LogP contribution in [0.25, 0.3) is 0 Å². The molecule has 2 amide bonds. The van der Waals surface area contributed by atoms with Gasteiger partial charge in [0.25, 0.3) is 0 Å². The number of hydrazone groups is 1. The Morgan fingerprint density at radius 1 is 1.03 bits per heavy atom. The number of nitrogens with zero attached hydrogens (tertiary/aromatic N) is 2. The van der Waals surface area contributed by atoms with Crippen molar-refractivity contribution in [3.8, 4) is 11.5 Å². The molecule has 2 aromatic carbocycles. The first-order chi connectivity index (χ1) is 15.5. The van der Waals surface area contributed by atoms with E-state index in [9.17, 15) is 9.59 Å². The van der Waals surface area contributed by atoms with Crippen molar-refractivity contribution in [3.63, 3.8) is 0 Å². The number of hydrogen-bond donors (Lipinski definition) is 1. The second kappa shape index (κ2) is 11.3. The number of hydrogen-bond acceptors (Lipinski definition) is 5. The Labute approximate surface area is 189 Å². The molecule has 0 radical (unpaired) electrons. The van der Waals surface area contributed by atoms with Crippen molar-refractivity contribution in [1.82, 2.24) is 5.01 Å². The van der Waals surface area contributed by atoms with E-state index < -0.39 is 0 Å². The number of unbranched alkanes of at least 4 members (excludes halogenated alkanes) is 2. The summed E-state index contributed by atoms with van der Waals surface area (Å²) in [5.41, 5.74) is 3.44. The maximum Gasteiger partial charge on any atom is 0.243 e. The van der Waals surface area contributed by atoms with Crippen LogP contribution in [0.5, 0.6) is 11.5 Å². The normalized spacial score (nSPS) is 13.5. The summed E-state index contributed by atoms with van der Waals surface area (Å²) in [5.74, 6) is 1.30. The van der Waals surface area contributed by atoms with Gasteiger partial charge in [-0.2, -0.15) is 5.10 Å². The molecule has 0 aromatic heterocycles. The van der Waals surface area contributed by atoms with Crippen molar-refractivity contribution in [2.75, 3.05) is 19.5 Å². The molecule has 3 rings (SSSR count). The van der Waals surface area contributed by atoms with Crippen LogP contribution in [0.2, 0.25) is 0 Å². The lowest BCUT2D eigenvalue weighted by atomic mass is 10.0. The summed E-state index contributed by atoms with van der Waals surface area (Å²) >= 11 is 0. The zero-order valence-electron chi connectivity index (χ0n) is 19.0. The van der Waals surface area contributed by atoms with E-state index in [0.29, 0.717) is 37.3 Å². The summed E-state index contributed by atoms with van der Waals surface area (Å²) in [7, 11) is 3.19. The summed E-state index contributed by atoms with van der Waals surface area (Å²) in [6.45, 7) is 2.49. The molecule has 0 aliphatic carbocycles. The Morgan fingerprint density at radius 2 is 1.78 bits per heavy atom. The highest BCUT2D eigenvalue weighted by Crippen LogP contribution is 2.29. The number of benzene rings is 2. The minimum Gasteiger partial charge on any atom is -0.493 e. The minimum atomic E-state index is -0.0115. The average Bonchev–Trinajstić information content (AvgIpc) is 2.81. The van der Waals surface area contributed by atoms with Crippen LogP contribution < -0.4 is 14.8 Å². The number of rotatable bonds is 10. The molecule has 0 saturated carbocycles. The molecule has 0 unspecified atom stereocenters. The molecular weight excluding hydrogens is 406 g/mol. The van der Waals surface area contributed by atoms with E-state index in [4.69, 9.17) is 9.47 Å². The first-order valence-corrected chi connectivity index (χ1v) is 11.0. The van der Waals surface area contributed by atoms with Gasteiger partial charge >= 0.3 is 0 Å². The Kier molecular flexibility index (Phi) is 8.25. The van der Waals surface area contributed by atoms with E-state index in [0.717, 1.165) is 41.8 Å². The highest BCUT2D eigenvalue weighted by molar-refractivity contribution is 6.04. The average molecular weight is 438 g/mol. The zero-order valence-corrected chi connectivity index (χ0v) is 19.0. The Balaban J connectivity index is 1.67. The summed E-state index contributed by atoms with van der Waals surface area (Å²) in [6.07, 6.45) is 4.56. The number of carbonyl (C=O) groups is 2. The summed E-state index contributed by atoms with van der Waals surface area (Å²) < 4.78 is 10.7. The fourth-order valence-electron chi connectivity index (χ4n) is 3.57. The Morgan fingerprint density at radius 3 is 2.47 bits per heavy atom. The van der Waals surface area contributed by atoms with Gasteiger partial charge in [0.05, 0.1) is 26.5 Å². The van der Waals surface area contributed by atoms with Crippen LogP contribution in [0.15, 0.2) is 47.6 Å². The van der Waals surface area contributed by atoms with Gasteiger partial charge in [-0.1, -0.05) is 31.9 Å². The molecule has 0 saturated heterocycles. The van der Waals surface area contributed by atoms with Gasteiger partial charge in [-0.15, -0.1) is 0 Å². The topological polar surface area (TPSA) is 80.2 Å². The van der Waals surface area contributed by atoms with Gasteiger partial charge in [0.2, 0.25) is 11.8 Å². The third-order valence-electron chi connectivity index (χ3n) is 5.40. The van der Waals surface area contributed by atoms with Crippen molar-refractivity contribution in [1.29, 1.82) is 0 Å². The van der Waals surface area contributed by atoms with E-state index in [-0.39, 0.29) is 11.8 Å². The van der Waals surface area contributed by atoms with E-state index in [1.54, 1.807) is 14.2 Å². The predicted octanol–water partition coefficient (Wildman–Crippen LogP) is 4.75. The number of carbonyl (C=O) groups excluding carboxylic acids is 2. The second-order valence-electron chi connectivity index (χ2n) is 7.77. The zero-order chi connectivity index (χ0) is 22.9. The number of anilines is 1. The SMILES string of the molecule is CCCCCC(=O)Nc1ccc(CN2N=C(c3ccc(OC)c(OC)c3)CCC2=O)cc1. The molecule has 0 fully saturated rings. The first kappa shape index (κ1) is 23.3. The second-order valence-corrected chi connectivity index (χ2v) is 7.77. The number of amides is 2. The molecule has 7 nitrogen and oxygen atoms in total. The van der Waals surface area contributed by atoms with Crippen molar-refractivity contribution in [3.05, 3.63) is 53.6 Å². The molecule has 32 heavy (non-hydrogen) atoms. The maximum absolute atomic E-state index is 12.5. The van der Waals surface area contributed by atoms with Gasteiger partial charge in [0, 0.05) is 30.5 Å². The smallest absolute Gasteiger partial charge is 0.243 e. The third-order valence-corrected chi connectivity index (χ3v) is 5.40. The van der Waals surface area contributed by atoms with Crippen LogP contribution in [0.4, 0.5) is 5.69 Å². The first-order valence-electron chi connectivity index (χ1n) is 11.0. The quantitative estimate of drug-likeness (QED) is 0.544. The van der Waals surface area contributed by atoms with Crippen molar-refractivity contribution in [2.45, 2.75) is 52.0 Å². The molecule has 1 aliphatic rings. The summed E-state index contributed by atoms with van der Waals surface area (Å²) in [4.78, 5) is 24.4. The van der Waals surface area contributed by atoms with E-state index >= 15 is 0 Å². The monoisotopic (exact) mass is 437 g/mol. The van der Waals surface area contributed by atoms with Gasteiger partial charge in [-0.05, 0) is 42.3 Å². The number of methoxy groups -OCH3 is 2. The molecule has 0 atom stereocenters. The Hall–Kier alpha value is -3.35. The lowest BCUT2D eigenvalue weighted by Gasteiger charge is -2.24. The standard InChI is InChI=1S/C25H31N3O4/c1-4-5-6-7-24(29)26-20-11-8-18(9-12-20)17-28-25(30)15-13-21(27-28)19-10-14-22(31-2)23(16-19)32-3/h8-12,14,16H,4-7,13,15,17H2,1-3H3,(H,26,29). The fourth-order valence-corrected chi connectivity index (χ4v) is 3.57. The van der Waals surface area contributed by atoms with Gasteiger partial charge in [0.1, 0.15) is 0 Å². The molecule has 2 aromatic rings. The molecule has 7 heteroatoms. The van der Waals surface area contributed by atoms with Crippen molar-refractivity contribution in [2.24, 2.45) is 5.10 Å². The highest BCUT2D eigenvalue weighted by Gasteiger charge is 2.22. The highest BCUT2D eigenvalue weighted by atomic mass is 16.5. The van der Waals surface area contributed by atoms with E-state index in [1.165, 1.54) is 5.01 Å². The lowest BCUT2D eigenvalue weighted by Crippen LogP contribution is -2.31. The van der Waals surface area contributed by atoms with E-state index in [1.807, 2.05) is 42.5 Å². The van der Waals surface area contributed by atoms with Crippen molar-refractivity contribution >= 4 is 23.2 Å². The largest absolute Gasteiger partial charge is 0.493 e. The number of nitrogens with one attached hydrogen (secondary N) is 1. The fraction of sp³-hybridized carbons (Fsp3) is 0.400. The minimum absolute atomic E-state index is 0.0115. The van der Waals surface area contributed by atoms with Crippen LogP contribution in [-0.2, 0) is 16.1 Å². The molecule has 1 N–H and O–H groups in total. The van der Waals surface area contributed by atoms with E-state index in [2.05, 4.69) is 17.3 Å². The molecule has 0 spiro atoms. The van der Waals surface area contributed by atoms with Gasteiger partial charge in [0.15, 0.2) is 11.5 Å². The summed E-state index contributed by atoms with van der Waals surface area (Å²) in [6, 6.07) is 13.2. The molecule has 1 aliphatic heterocycles. The molecular formula is C25H31N3O4. The third kappa shape index (κ3) is 6.09. The van der Waals surface area contributed by atoms with Crippen LogP contribution in [0.3, 0.4) is 0 Å². The molecule has 170 valence electrons. The number of ether oxygens (including phenoxy) is 2. The maximum atomic E-state index is 12.5. The van der Waals surface area contributed by atoms with Crippen LogP contribution in [0, 0.1) is 0 Å². The summed E-state index contributed by atoms with van der Waals surface area (Å²) in [5, 5.41) is 9.03. The molecule has 1 heterocycles. The predicted molar refractivity (Wildman–Crippen MR) is 125 cm³/mol.